The smallest absolute Gasteiger partial charge is 0.311 e. The highest BCUT2D eigenvalue weighted by Crippen LogP contribution is 2.05. The van der Waals surface area contributed by atoms with Crippen LogP contribution in [0, 0.1) is 0 Å². The maximum atomic E-state index is 10.5. The van der Waals surface area contributed by atoms with E-state index in [0.29, 0.717) is 5.82 Å². The zero-order chi connectivity index (χ0) is 11.4. The number of likely N-dealkylation sites (N-methyl/N-ethyl adjacent to an activating group) is 1. The zero-order valence-corrected chi connectivity index (χ0v) is 9.40. The molecule has 1 aromatic rings. The lowest BCUT2D eigenvalue weighted by molar-refractivity contribution is -0.136. The first-order chi connectivity index (χ1) is 7.00. The molecule has 1 rings (SSSR count). The third-order valence-corrected chi connectivity index (χ3v) is 2.31. The molecular weight excluding hydrogens is 194 g/mol. The number of nitrogens with zero attached hydrogens (tertiary/aromatic N) is 3. The summed E-state index contributed by atoms with van der Waals surface area (Å²) in [5, 5.41) is 8.66. The Kier molecular flexibility index (Phi) is 3.85. The largest absolute Gasteiger partial charge is 0.481 e. The van der Waals surface area contributed by atoms with E-state index in [0.717, 1.165) is 18.7 Å². The van der Waals surface area contributed by atoms with Crippen molar-refractivity contribution in [3.8, 4) is 0 Å². The van der Waals surface area contributed by atoms with Gasteiger partial charge in [-0.15, -0.1) is 0 Å². The Morgan fingerprint density at radius 3 is 2.80 bits per heavy atom. The number of aliphatic carboxylic acids is 1. The van der Waals surface area contributed by atoms with Crippen molar-refractivity contribution >= 4 is 5.97 Å². The Hall–Kier alpha value is -1.36. The van der Waals surface area contributed by atoms with Crippen LogP contribution < -0.4 is 0 Å². The van der Waals surface area contributed by atoms with Crippen molar-refractivity contribution in [3.63, 3.8) is 0 Å². The number of imidazole rings is 1. The van der Waals surface area contributed by atoms with E-state index < -0.39 is 5.97 Å². The van der Waals surface area contributed by atoms with Gasteiger partial charge in [0.15, 0.2) is 0 Å². The second-order valence-electron chi connectivity index (χ2n) is 3.85. The van der Waals surface area contributed by atoms with Gasteiger partial charge in [-0.3, -0.25) is 4.79 Å². The van der Waals surface area contributed by atoms with Crippen LogP contribution in [0.2, 0.25) is 0 Å². The standard InChI is InChI=1S/C10H17N3O2/c1-12(2)5-4-8-7-11-9(13(8)3)6-10(14)15/h7H,4-6H2,1-3H3,(H,14,15). The van der Waals surface area contributed by atoms with Crippen LogP contribution in [0.4, 0.5) is 0 Å². The number of aromatic nitrogens is 2. The Bertz CT molecular complexity index is 344. The molecule has 0 aliphatic heterocycles. The first kappa shape index (κ1) is 11.7. The molecule has 0 fully saturated rings. The van der Waals surface area contributed by atoms with E-state index in [4.69, 9.17) is 5.11 Å². The molecule has 5 heteroatoms. The van der Waals surface area contributed by atoms with Crippen LogP contribution in [0.1, 0.15) is 11.5 Å². The van der Waals surface area contributed by atoms with Crippen molar-refractivity contribution in [2.45, 2.75) is 12.8 Å². The number of rotatable bonds is 5. The van der Waals surface area contributed by atoms with E-state index in [2.05, 4.69) is 9.88 Å². The first-order valence-electron chi connectivity index (χ1n) is 4.86. The molecule has 5 nitrogen and oxygen atoms in total. The topological polar surface area (TPSA) is 58.4 Å². The summed E-state index contributed by atoms with van der Waals surface area (Å²) in [6, 6.07) is 0. The van der Waals surface area contributed by atoms with Crippen LogP contribution in [0.3, 0.4) is 0 Å². The van der Waals surface area contributed by atoms with E-state index >= 15 is 0 Å². The van der Waals surface area contributed by atoms with E-state index in [1.807, 2.05) is 25.7 Å². The Morgan fingerprint density at radius 2 is 2.27 bits per heavy atom. The molecule has 84 valence electrons. The average Bonchev–Trinajstić information content (AvgIpc) is 2.44. The number of carboxylic acid groups (broad SMARTS) is 1. The predicted octanol–water partition coefficient (Wildman–Crippen LogP) is 0.151. The Labute approximate surface area is 89.3 Å². The van der Waals surface area contributed by atoms with Gasteiger partial charge in [0.25, 0.3) is 0 Å². The highest BCUT2D eigenvalue weighted by Gasteiger charge is 2.09. The van der Waals surface area contributed by atoms with Crippen molar-refractivity contribution < 1.29 is 9.90 Å². The molecule has 1 N–H and O–H groups in total. The Balaban J connectivity index is 2.66. The van der Waals surface area contributed by atoms with Crippen LogP contribution in [-0.4, -0.2) is 46.2 Å². The minimum atomic E-state index is -0.845. The van der Waals surface area contributed by atoms with Gasteiger partial charge in [0, 0.05) is 31.9 Å². The first-order valence-corrected chi connectivity index (χ1v) is 4.86. The van der Waals surface area contributed by atoms with Crippen molar-refractivity contribution in [3.05, 3.63) is 17.7 Å². The Morgan fingerprint density at radius 1 is 1.60 bits per heavy atom. The fourth-order valence-electron chi connectivity index (χ4n) is 1.36. The molecule has 0 aliphatic carbocycles. The SMILES string of the molecule is CN(C)CCc1cnc(CC(=O)O)n1C. The normalized spacial score (nSPS) is 10.9. The molecule has 0 saturated carbocycles. The summed E-state index contributed by atoms with van der Waals surface area (Å²) in [6.07, 6.45) is 2.62. The van der Waals surface area contributed by atoms with Crippen molar-refractivity contribution in [1.82, 2.24) is 14.5 Å². The highest BCUT2D eigenvalue weighted by molar-refractivity contribution is 5.69. The molecule has 0 aliphatic rings. The van der Waals surface area contributed by atoms with Crippen LogP contribution in [0.25, 0.3) is 0 Å². The second kappa shape index (κ2) is 4.93. The van der Waals surface area contributed by atoms with Crippen molar-refractivity contribution in [2.75, 3.05) is 20.6 Å². The molecule has 0 unspecified atom stereocenters. The molecule has 15 heavy (non-hydrogen) atoms. The van der Waals surface area contributed by atoms with Gasteiger partial charge in [-0.1, -0.05) is 0 Å². The van der Waals surface area contributed by atoms with E-state index in [1.54, 1.807) is 6.20 Å². The predicted molar refractivity (Wildman–Crippen MR) is 56.8 cm³/mol. The fourth-order valence-corrected chi connectivity index (χ4v) is 1.36. The maximum absolute atomic E-state index is 10.5. The van der Waals surface area contributed by atoms with Gasteiger partial charge in [-0.05, 0) is 14.1 Å². The van der Waals surface area contributed by atoms with E-state index in [1.165, 1.54) is 0 Å². The summed E-state index contributed by atoms with van der Waals surface area (Å²) in [7, 11) is 5.87. The minimum absolute atomic E-state index is 0.0154. The highest BCUT2D eigenvalue weighted by atomic mass is 16.4. The molecule has 0 aromatic carbocycles. The van der Waals surface area contributed by atoms with Crippen LogP contribution >= 0.6 is 0 Å². The average molecular weight is 211 g/mol. The third-order valence-electron chi connectivity index (χ3n) is 2.31. The van der Waals surface area contributed by atoms with Crippen molar-refractivity contribution in [1.29, 1.82) is 0 Å². The lowest BCUT2D eigenvalue weighted by Crippen LogP contribution is -2.17. The summed E-state index contributed by atoms with van der Waals surface area (Å²) < 4.78 is 1.86. The molecular formula is C10H17N3O2. The zero-order valence-electron chi connectivity index (χ0n) is 9.40. The summed E-state index contributed by atoms with van der Waals surface area (Å²) in [6.45, 7) is 0.937. The van der Waals surface area contributed by atoms with E-state index in [-0.39, 0.29) is 6.42 Å². The van der Waals surface area contributed by atoms with Crippen LogP contribution in [0.5, 0.6) is 0 Å². The van der Waals surface area contributed by atoms with Gasteiger partial charge >= 0.3 is 5.97 Å². The minimum Gasteiger partial charge on any atom is -0.481 e. The molecule has 0 atom stereocenters. The molecule has 0 bridgehead atoms. The van der Waals surface area contributed by atoms with Gasteiger partial charge in [-0.25, -0.2) is 4.98 Å². The quantitative estimate of drug-likeness (QED) is 0.753. The molecule has 0 saturated heterocycles. The lowest BCUT2D eigenvalue weighted by Gasteiger charge is -2.09. The molecule has 0 amide bonds. The number of hydrogen-bond donors (Lipinski definition) is 1. The maximum Gasteiger partial charge on any atom is 0.311 e. The second-order valence-corrected chi connectivity index (χ2v) is 3.85. The molecule has 1 aromatic heterocycles. The van der Waals surface area contributed by atoms with E-state index in [9.17, 15) is 4.79 Å². The number of carbonyl (C=O) groups is 1. The van der Waals surface area contributed by atoms with Gasteiger partial charge in [0.05, 0.1) is 0 Å². The van der Waals surface area contributed by atoms with Crippen LogP contribution in [0.15, 0.2) is 6.20 Å². The van der Waals surface area contributed by atoms with Gasteiger partial charge in [0.2, 0.25) is 0 Å². The number of carboxylic acids is 1. The van der Waals surface area contributed by atoms with Gasteiger partial charge in [-0.2, -0.15) is 0 Å². The monoisotopic (exact) mass is 211 g/mol. The number of hydrogen-bond acceptors (Lipinski definition) is 3. The summed E-state index contributed by atoms with van der Waals surface area (Å²) in [4.78, 5) is 16.7. The van der Waals surface area contributed by atoms with Crippen LogP contribution in [-0.2, 0) is 24.7 Å². The fraction of sp³-hybridized carbons (Fsp3) is 0.600. The molecule has 0 radical (unpaired) electrons. The summed E-state index contributed by atoms with van der Waals surface area (Å²) in [5.41, 5.74) is 1.07. The summed E-state index contributed by atoms with van der Waals surface area (Å²) >= 11 is 0. The van der Waals surface area contributed by atoms with Crippen molar-refractivity contribution in [2.24, 2.45) is 7.05 Å². The van der Waals surface area contributed by atoms with Gasteiger partial charge < -0.3 is 14.6 Å². The molecule has 0 spiro atoms. The van der Waals surface area contributed by atoms with Gasteiger partial charge in [0.1, 0.15) is 12.2 Å². The lowest BCUT2D eigenvalue weighted by atomic mass is 10.3. The summed E-state index contributed by atoms with van der Waals surface area (Å²) in [5.74, 6) is -0.237. The molecule has 1 heterocycles. The third kappa shape index (κ3) is 3.36.